The summed E-state index contributed by atoms with van der Waals surface area (Å²) in [5.74, 6) is -3.42. The molecule has 4 atom stereocenters. The van der Waals surface area contributed by atoms with Crippen molar-refractivity contribution >= 4 is 12.0 Å². The van der Waals surface area contributed by atoms with Crippen LogP contribution in [0.25, 0.3) is 0 Å². The molecule has 1 saturated heterocycles. The number of amides is 2. The monoisotopic (exact) mass is 430 g/mol. The second kappa shape index (κ2) is 8.65. The maximum Gasteiger partial charge on any atom is 0.407 e. The predicted molar refractivity (Wildman–Crippen MR) is 114 cm³/mol. The number of carbonyl (C=O) groups is 2. The number of halogens is 2. The fraction of sp³-hybridized carbons (Fsp3) is 0.417. The number of nitrogens with one attached hydrogen (secondary N) is 1. The van der Waals surface area contributed by atoms with E-state index in [1.807, 2.05) is 58.0 Å². The fourth-order valence-corrected chi connectivity index (χ4v) is 4.61. The van der Waals surface area contributed by atoms with E-state index in [4.69, 9.17) is 0 Å². The van der Waals surface area contributed by atoms with Gasteiger partial charge in [-0.25, -0.2) is 13.6 Å². The zero-order valence-electron chi connectivity index (χ0n) is 18.1. The lowest BCUT2D eigenvalue weighted by atomic mass is 9.73. The Balaban J connectivity index is 2.01. The molecule has 3 rings (SSSR count). The molecule has 2 aromatic rings. The van der Waals surface area contributed by atoms with Gasteiger partial charge in [-0.15, -0.1) is 0 Å². The number of likely N-dealkylation sites (tertiary alicyclic amines) is 1. The number of benzene rings is 2. The number of carbonyl (C=O) groups excluding carboxylic acids is 1. The number of nitrogens with zero attached hydrogens (tertiary/aromatic N) is 1. The molecular formula is C24H28F2N2O3. The SMILES string of the molecule is C[C@@H](NC(=O)[C@@H]1CN(C(=O)O)C(C(C)(C)C)[C@H]1c1ccc(F)cc1F)c1ccccc1. The number of hydrogen-bond acceptors (Lipinski definition) is 2. The van der Waals surface area contributed by atoms with Gasteiger partial charge in [-0.05, 0) is 29.5 Å². The Labute approximate surface area is 181 Å². The first-order valence-corrected chi connectivity index (χ1v) is 10.3. The van der Waals surface area contributed by atoms with E-state index in [2.05, 4.69) is 5.32 Å². The Hall–Kier alpha value is -2.96. The summed E-state index contributed by atoms with van der Waals surface area (Å²) in [6.45, 7) is 7.34. The Bertz CT molecular complexity index is 959. The molecule has 166 valence electrons. The predicted octanol–water partition coefficient (Wildman–Crippen LogP) is 4.95. The molecule has 0 spiro atoms. The third-order valence-corrected chi connectivity index (χ3v) is 5.95. The van der Waals surface area contributed by atoms with E-state index >= 15 is 0 Å². The van der Waals surface area contributed by atoms with E-state index in [1.54, 1.807) is 0 Å². The molecule has 5 nitrogen and oxygen atoms in total. The largest absolute Gasteiger partial charge is 0.465 e. The number of carboxylic acid groups (broad SMARTS) is 1. The van der Waals surface area contributed by atoms with Crippen LogP contribution in [0, 0.1) is 23.0 Å². The van der Waals surface area contributed by atoms with Gasteiger partial charge in [-0.1, -0.05) is 57.2 Å². The first kappa shape index (κ1) is 22.7. The van der Waals surface area contributed by atoms with E-state index in [0.29, 0.717) is 0 Å². The van der Waals surface area contributed by atoms with Crippen LogP contribution in [-0.2, 0) is 4.79 Å². The second-order valence-corrected chi connectivity index (χ2v) is 9.18. The first-order valence-electron chi connectivity index (χ1n) is 10.3. The molecule has 7 heteroatoms. The maximum absolute atomic E-state index is 14.8. The molecule has 2 aromatic carbocycles. The van der Waals surface area contributed by atoms with Gasteiger partial charge in [-0.2, -0.15) is 0 Å². The Morgan fingerprint density at radius 3 is 2.32 bits per heavy atom. The van der Waals surface area contributed by atoms with Crippen molar-refractivity contribution in [2.75, 3.05) is 6.54 Å². The smallest absolute Gasteiger partial charge is 0.407 e. The summed E-state index contributed by atoms with van der Waals surface area (Å²) in [4.78, 5) is 26.5. The van der Waals surface area contributed by atoms with Crippen molar-refractivity contribution in [3.05, 3.63) is 71.3 Å². The lowest BCUT2D eigenvalue weighted by Crippen LogP contribution is -2.45. The zero-order valence-corrected chi connectivity index (χ0v) is 18.1. The highest BCUT2D eigenvalue weighted by Gasteiger charge is 2.53. The fourth-order valence-electron chi connectivity index (χ4n) is 4.61. The topological polar surface area (TPSA) is 69.6 Å². The van der Waals surface area contributed by atoms with E-state index < -0.39 is 41.0 Å². The zero-order chi connectivity index (χ0) is 22.9. The Kier molecular flexibility index (Phi) is 6.34. The molecule has 0 bridgehead atoms. The molecule has 31 heavy (non-hydrogen) atoms. The van der Waals surface area contributed by atoms with Crippen LogP contribution >= 0.6 is 0 Å². The summed E-state index contributed by atoms with van der Waals surface area (Å²) in [7, 11) is 0. The summed E-state index contributed by atoms with van der Waals surface area (Å²) in [5, 5.41) is 12.8. The minimum Gasteiger partial charge on any atom is -0.465 e. The van der Waals surface area contributed by atoms with E-state index in [0.717, 1.165) is 17.7 Å². The van der Waals surface area contributed by atoms with Crippen molar-refractivity contribution in [2.45, 2.75) is 45.7 Å². The molecule has 0 radical (unpaired) electrons. The van der Waals surface area contributed by atoms with Crippen LogP contribution in [0.5, 0.6) is 0 Å². The molecule has 1 aliphatic rings. The van der Waals surface area contributed by atoms with Gasteiger partial charge in [-0.3, -0.25) is 4.79 Å². The third kappa shape index (κ3) is 4.70. The van der Waals surface area contributed by atoms with Gasteiger partial charge >= 0.3 is 6.09 Å². The summed E-state index contributed by atoms with van der Waals surface area (Å²) in [6.07, 6.45) is -1.17. The summed E-state index contributed by atoms with van der Waals surface area (Å²) in [5.41, 5.74) is 0.475. The molecule has 0 aromatic heterocycles. The van der Waals surface area contributed by atoms with Gasteiger partial charge in [0.25, 0.3) is 0 Å². The summed E-state index contributed by atoms with van der Waals surface area (Å²) >= 11 is 0. The minimum absolute atomic E-state index is 0.0634. The van der Waals surface area contributed by atoms with Crippen LogP contribution in [0.4, 0.5) is 13.6 Å². The van der Waals surface area contributed by atoms with Crippen molar-refractivity contribution in [1.29, 1.82) is 0 Å². The third-order valence-electron chi connectivity index (χ3n) is 5.95. The number of hydrogen-bond donors (Lipinski definition) is 2. The van der Waals surface area contributed by atoms with Crippen molar-refractivity contribution in [1.82, 2.24) is 10.2 Å². The standard InChI is InChI=1S/C24H28F2N2O3/c1-14(15-8-6-5-7-9-15)27-22(29)18-13-28(23(30)31)21(24(2,3)4)20(18)17-11-10-16(25)12-19(17)26/h5-12,14,18,20-21H,13H2,1-4H3,(H,27,29)(H,30,31)/t14-,18-,20+,21?/m1/s1. The van der Waals surface area contributed by atoms with Crippen molar-refractivity contribution in [3.63, 3.8) is 0 Å². The van der Waals surface area contributed by atoms with E-state index in [1.165, 1.54) is 11.0 Å². The van der Waals surface area contributed by atoms with E-state index in [-0.39, 0.29) is 24.1 Å². The molecule has 0 saturated carbocycles. The van der Waals surface area contributed by atoms with Gasteiger partial charge in [0.15, 0.2) is 0 Å². The van der Waals surface area contributed by atoms with Crippen LogP contribution in [-0.4, -0.2) is 34.6 Å². The van der Waals surface area contributed by atoms with E-state index in [9.17, 15) is 23.5 Å². The molecule has 1 aliphatic heterocycles. The summed E-state index contributed by atoms with van der Waals surface area (Å²) < 4.78 is 28.4. The second-order valence-electron chi connectivity index (χ2n) is 9.18. The molecule has 0 aliphatic carbocycles. The maximum atomic E-state index is 14.8. The van der Waals surface area contributed by atoms with Crippen LogP contribution < -0.4 is 5.32 Å². The molecule has 1 unspecified atom stereocenters. The van der Waals surface area contributed by atoms with Gasteiger partial charge in [0.05, 0.1) is 12.0 Å². The first-order chi connectivity index (χ1) is 14.5. The molecule has 1 heterocycles. The summed E-state index contributed by atoms with van der Waals surface area (Å²) in [6, 6.07) is 11.7. The quantitative estimate of drug-likeness (QED) is 0.721. The van der Waals surface area contributed by atoms with Gasteiger partial charge in [0.1, 0.15) is 11.6 Å². The van der Waals surface area contributed by atoms with Crippen LogP contribution in [0.15, 0.2) is 48.5 Å². The molecule has 2 amide bonds. The van der Waals surface area contributed by atoms with Crippen LogP contribution in [0.1, 0.15) is 50.8 Å². The average molecular weight is 430 g/mol. The lowest BCUT2D eigenvalue weighted by molar-refractivity contribution is -0.125. The van der Waals surface area contributed by atoms with Crippen molar-refractivity contribution in [3.8, 4) is 0 Å². The highest BCUT2D eigenvalue weighted by Crippen LogP contribution is 2.46. The van der Waals surface area contributed by atoms with Crippen molar-refractivity contribution < 1.29 is 23.5 Å². The molecular weight excluding hydrogens is 402 g/mol. The molecule has 2 N–H and O–H groups in total. The van der Waals surface area contributed by atoms with Gasteiger partial charge in [0, 0.05) is 24.6 Å². The minimum atomic E-state index is -1.17. The lowest BCUT2D eigenvalue weighted by Gasteiger charge is -2.37. The normalized spacial score (nSPS) is 22.3. The number of rotatable bonds is 4. The van der Waals surface area contributed by atoms with Crippen molar-refractivity contribution in [2.24, 2.45) is 11.3 Å². The Morgan fingerprint density at radius 2 is 1.77 bits per heavy atom. The highest BCUT2D eigenvalue weighted by atomic mass is 19.1. The van der Waals surface area contributed by atoms with Crippen LogP contribution in [0.2, 0.25) is 0 Å². The molecule has 1 fully saturated rings. The highest BCUT2D eigenvalue weighted by molar-refractivity contribution is 5.82. The van der Waals surface area contributed by atoms with Gasteiger partial charge in [0.2, 0.25) is 5.91 Å². The Morgan fingerprint density at radius 1 is 1.13 bits per heavy atom. The van der Waals surface area contributed by atoms with Gasteiger partial charge < -0.3 is 15.3 Å². The average Bonchev–Trinajstić information content (AvgIpc) is 3.10. The van der Waals surface area contributed by atoms with Crippen LogP contribution in [0.3, 0.4) is 0 Å².